The molecule has 14 heavy (non-hydrogen) atoms. The summed E-state index contributed by atoms with van der Waals surface area (Å²) >= 11 is 0. The Morgan fingerprint density at radius 2 is 2.00 bits per heavy atom. The van der Waals surface area contributed by atoms with E-state index in [2.05, 4.69) is 9.47 Å². The van der Waals surface area contributed by atoms with Crippen molar-refractivity contribution in [2.75, 3.05) is 19.9 Å². The Bertz CT molecular complexity index is 241. The minimum Gasteiger partial charge on any atom is -0.371 e. The second-order valence-corrected chi connectivity index (χ2v) is 2.66. The van der Waals surface area contributed by atoms with Gasteiger partial charge < -0.3 is 4.74 Å². The number of alkyl halides is 1. The molecule has 0 bridgehead atoms. The number of ether oxygens (including phenoxy) is 2. The summed E-state index contributed by atoms with van der Waals surface area (Å²) in [4.78, 5) is 17.8. The highest BCUT2D eigenvalue weighted by atomic mass is 19.1. The predicted octanol–water partition coefficient (Wildman–Crippen LogP) is -0.421. The molecule has 0 amide bonds. The number of nitrogens with zero attached hydrogens (tertiary/aromatic N) is 2. The lowest BCUT2D eigenvalue weighted by atomic mass is 10.4. The molecule has 1 unspecified atom stereocenters. The van der Waals surface area contributed by atoms with Crippen molar-refractivity contribution in [3.63, 3.8) is 0 Å². The zero-order valence-corrected chi connectivity index (χ0v) is 6.92. The number of rotatable bonds is 6. The third-order valence-corrected chi connectivity index (χ3v) is 1.65. The second kappa shape index (κ2) is 3.80. The van der Waals surface area contributed by atoms with Gasteiger partial charge >= 0.3 is 5.85 Å². The topological polar surface area (TPSA) is 108 Å². The van der Waals surface area contributed by atoms with Gasteiger partial charge in [0, 0.05) is 0 Å². The number of epoxide rings is 1. The fourth-order valence-corrected chi connectivity index (χ4v) is 0.699. The zero-order chi connectivity index (χ0) is 10.8. The van der Waals surface area contributed by atoms with Crippen molar-refractivity contribution in [1.82, 2.24) is 0 Å². The van der Waals surface area contributed by atoms with Crippen LogP contribution < -0.4 is 0 Å². The molecule has 0 aliphatic carbocycles. The lowest BCUT2D eigenvalue weighted by molar-refractivity contribution is -0.850. The SMILES string of the molecule is O=[N+]([O-])C(CF)(OCC1CO1)[N+](=O)[O-]. The molecule has 8 nitrogen and oxygen atoms in total. The summed E-state index contributed by atoms with van der Waals surface area (Å²) in [7, 11) is 0. The second-order valence-electron chi connectivity index (χ2n) is 2.66. The van der Waals surface area contributed by atoms with Gasteiger partial charge in [0.2, 0.25) is 0 Å². The molecule has 0 saturated carbocycles. The van der Waals surface area contributed by atoms with E-state index < -0.39 is 28.5 Å². The molecule has 0 aromatic carbocycles. The van der Waals surface area contributed by atoms with E-state index in [1.807, 2.05) is 0 Å². The third kappa shape index (κ3) is 1.93. The average molecular weight is 210 g/mol. The molecule has 1 rings (SSSR count). The van der Waals surface area contributed by atoms with Crippen LogP contribution in [0.1, 0.15) is 0 Å². The Morgan fingerprint density at radius 1 is 1.50 bits per heavy atom. The third-order valence-electron chi connectivity index (χ3n) is 1.65. The first-order valence-corrected chi connectivity index (χ1v) is 3.63. The van der Waals surface area contributed by atoms with Gasteiger partial charge in [0.25, 0.3) is 6.67 Å². The molecule has 1 aliphatic heterocycles. The van der Waals surface area contributed by atoms with Crippen LogP contribution in [0.25, 0.3) is 0 Å². The van der Waals surface area contributed by atoms with Gasteiger partial charge in [0.15, 0.2) is 0 Å². The van der Waals surface area contributed by atoms with E-state index in [0.29, 0.717) is 6.61 Å². The molecule has 1 fully saturated rings. The highest BCUT2D eigenvalue weighted by Gasteiger charge is 2.60. The average Bonchev–Trinajstić information content (AvgIpc) is 2.88. The summed E-state index contributed by atoms with van der Waals surface area (Å²) in [5, 5.41) is 20.6. The van der Waals surface area contributed by atoms with E-state index in [1.165, 1.54) is 0 Å². The molecule has 0 aromatic heterocycles. The Hall–Kier alpha value is -1.35. The van der Waals surface area contributed by atoms with Gasteiger partial charge in [-0.25, -0.2) is 9.13 Å². The summed E-state index contributed by atoms with van der Waals surface area (Å²) in [6.45, 7) is -1.86. The molecule has 1 aliphatic rings. The van der Waals surface area contributed by atoms with Crippen LogP contribution in [0.15, 0.2) is 0 Å². The van der Waals surface area contributed by atoms with Gasteiger partial charge in [-0.2, -0.15) is 0 Å². The van der Waals surface area contributed by atoms with E-state index in [4.69, 9.17) is 0 Å². The Morgan fingerprint density at radius 3 is 2.29 bits per heavy atom. The molecule has 0 spiro atoms. The molecule has 1 saturated heterocycles. The van der Waals surface area contributed by atoms with Crippen LogP contribution in [0.5, 0.6) is 0 Å². The largest absolute Gasteiger partial charge is 0.607 e. The summed E-state index contributed by atoms with van der Waals surface area (Å²) in [5.41, 5.74) is 0. The van der Waals surface area contributed by atoms with Gasteiger partial charge in [-0.05, 0) is 0 Å². The first-order valence-electron chi connectivity index (χ1n) is 3.63. The Kier molecular flexibility index (Phi) is 2.91. The van der Waals surface area contributed by atoms with Crippen LogP contribution in [-0.2, 0) is 9.47 Å². The van der Waals surface area contributed by atoms with Crippen molar-refractivity contribution in [2.45, 2.75) is 12.0 Å². The van der Waals surface area contributed by atoms with E-state index in [0.717, 1.165) is 0 Å². The van der Waals surface area contributed by atoms with Gasteiger partial charge in [-0.3, -0.25) is 20.2 Å². The van der Waals surface area contributed by atoms with Crippen molar-refractivity contribution in [1.29, 1.82) is 0 Å². The smallest absolute Gasteiger partial charge is 0.371 e. The Balaban J connectivity index is 2.65. The van der Waals surface area contributed by atoms with Crippen molar-refractivity contribution < 1.29 is 23.7 Å². The van der Waals surface area contributed by atoms with Crippen molar-refractivity contribution in [2.24, 2.45) is 0 Å². The predicted molar refractivity (Wildman–Crippen MR) is 38.4 cm³/mol. The normalized spacial score (nSPS) is 20.5. The Labute approximate surface area is 76.9 Å². The number of halogens is 1. The lowest BCUT2D eigenvalue weighted by Crippen LogP contribution is -2.51. The maximum absolute atomic E-state index is 12.2. The number of nitro groups is 2. The van der Waals surface area contributed by atoms with Gasteiger partial charge in [0.05, 0.1) is 13.2 Å². The van der Waals surface area contributed by atoms with Crippen molar-refractivity contribution >= 4 is 0 Å². The zero-order valence-electron chi connectivity index (χ0n) is 6.92. The molecular weight excluding hydrogens is 203 g/mol. The monoisotopic (exact) mass is 210 g/mol. The van der Waals surface area contributed by atoms with Gasteiger partial charge in [0.1, 0.15) is 16.0 Å². The minimum absolute atomic E-state index is 0.317. The van der Waals surface area contributed by atoms with E-state index in [9.17, 15) is 24.6 Å². The van der Waals surface area contributed by atoms with Gasteiger partial charge in [-0.15, -0.1) is 0 Å². The molecule has 0 aromatic rings. The maximum Gasteiger partial charge on any atom is 0.607 e. The van der Waals surface area contributed by atoms with Crippen LogP contribution >= 0.6 is 0 Å². The van der Waals surface area contributed by atoms with Crippen LogP contribution in [0.3, 0.4) is 0 Å². The van der Waals surface area contributed by atoms with E-state index >= 15 is 0 Å². The maximum atomic E-state index is 12.2. The molecule has 0 radical (unpaired) electrons. The lowest BCUT2D eigenvalue weighted by Gasteiger charge is -2.12. The molecular formula is C5H7FN2O6. The molecule has 0 N–H and O–H groups in total. The van der Waals surface area contributed by atoms with Crippen LogP contribution in [0.4, 0.5) is 4.39 Å². The van der Waals surface area contributed by atoms with E-state index in [-0.39, 0.29) is 6.61 Å². The van der Waals surface area contributed by atoms with Crippen LogP contribution in [-0.4, -0.2) is 41.7 Å². The highest BCUT2D eigenvalue weighted by molar-refractivity contribution is 4.68. The summed E-state index contributed by atoms with van der Waals surface area (Å²) < 4.78 is 21.2. The molecule has 1 atom stereocenters. The molecule has 80 valence electrons. The quantitative estimate of drug-likeness (QED) is 0.255. The van der Waals surface area contributed by atoms with Crippen LogP contribution in [0, 0.1) is 20.2 Å². The minimum atomic E-state index is -3.19. The molecule has 9 heteroatoms. The molecule has 1 heterocycles. The number of hydrogen-bond acceptors (Lipinski definition) is 6. The van der Waals surface area contributed by atoms with E-state index in [1.54, 1.807) is 0 Å². The standard InChI is InChI=1S/C5H7FN2O6/c6-3-5(7(9)10,8(11)12)14-2-4-1-13-4/h4H,1-3H2. The van der Waals surface area contributed by atoms with Crippen molar-refractivity contribution in [3.8, 4) is 0 Å². The van der Waals surface area contributed by atoms with Crippen molar-refractivity contribution in [3.05, 3.63) is 20.2 Å². The number of hydrogen-bond donors (Lipinski definition) is 0. The van der Waals surface area contributed by atoms with Gasteiger partial charge in [-0.1, -0.05) is 0 Å². The summed E-state index contributed by atoms with van der Waals surface area (Å²) in [5.74, 6) is -3.19. The fraction of sp³-hybridized carbons (Fsp3) is 1.00. The summed E-state index contributed by atoms with van der Waals surface area (Å²) in [6.07, 6.45) is -0.402. The first kappa shape index (κ1) is 10.7. The fourth-order valence-electron chi connectivity index (χ4n) is 0.699. The summed E-state index contributed by atoms with van der Waals surface area (Å²) in [6, 6.07) is 0. The van der Waals surface area contributed by atoms with Crippen LogP contribution in [0.2, 0.25) is 0 Å². The highest BCUT2D eigenvalue weighted by Crippen LogP contribution is 2.18. The first-order chi connectivity index (χ1) is 6.53.